The van der Waals surface area contributed by atoms with Crippen molar-refractivity contribution in [3.05, 3.63) is 58.3 Å². The molecule has 2 aromatic rings. The lowest BCUT2D eigenvalue weighted by Gasteiger charge is -2.34. The van der Waals surface area contributed by atoms with E-state index in [2.05, 4.69) is 5.32 Å². The van der Waals surface area contributed by atoms with Crippen LogP contribution < -0.4 is 5.32 Å². The SMILES string of the molecule is O=C(CNc1ccc(Cl)cc1Cl)N1CCN(S(=O)(=O)c2cccc(F)c2)CC1. The molecule has 6 nitrogen and oxygen atoms in total. The van der Waals surface area contributed by atoms with E-state index in [0.717, 1.165) is 6.07 Å². The second kappa shape index (κ2) is 8.65. The van der Waals surface area contributed by atoms with Gasteiger partial charge in [0.25, 0.3) is 0 Å². The molecular formula is C18H18Cl2FN3O3S. The summed E-state index contributed by atoms with van der Waals surface area (Å²) in [4.78, 5) is 13.9. The topological polar surface area (TPSA) is 69.7 Å². The third kappa shape index (κ3) is 4.75. The summed E-state index contributed by atoms with van der Waals surface area (Å²) >= 11 is 11.9. The zero-order valence-electron chi connectivity index (χ0n) is 14.7. The van der Waals surface area contributed by atoms with Crippen LogP contribution >= 0.6 is 23.2 Å². The van der Waals surface area contributed by atoms with E-state index in [1.54, 1.807) is 23.1 Å². The van der Waals surface area contributed by atoms with Gasteiger partial charge in [0, 0.05) is 31.2 Å². The average Bonchev–Trinajstić information content (AvgIpc) is 2.67. The Morgan fingerprint density at radius 3 is 2.43 bits per heavy atom. The first-order valence-corrected chi connectivity index (χ1v) is 10.7. The summed E-state index contributed by atoms with van der Waals surface area (Å²) in [6.45, 7) is 0.823. The Labute approximate surface area is 172 Å². The Morgan fingerprint density at radius 1 is 1.07 bits per heavy atom. The molecular weight excluding hydrogens is 428 g/mol. The number of piperazine rings is 1. The van der Waals surface area contributed by atoms with Crippen LogP contribution in [0.3, 0.4) is 0 Å². The number of rotatable bonds is 5. The predicted molar refractivity (Wildman–Crippen MR) is 107 cm³/mol. The van der Waals surface area contributed by atoms with Crippen LogP contribution in [-0.2, 0) is 14.8 Å². The van der Waals surface area contributed by atoms with Gasteiger partial charge in [0.15, 0.2) is 0 Å². The number of nitrogens with zero attached hydrogens (tertiary/aromatic N) is 2. The monoisotopic (exact) mass is 445 g/mol. The summed E-state index contributed by atoms with van der Waals surface area (Å²) in [6.07, 6.45) is 0. The number of carbonyl (C=O) groups is 1. The van der Waals surface area contributed by atoms with E-state index in [0.29, 0.717) is 15.7 Å². The minimum Gasteiger partial charge on any atom is -0.375 e. The van der Waals surface area contributed by atoms with Gasteiger partial charge in [-0.1, -0.05) is 29.3 Å². The first-order chi connectivity index (χ1) is 13.3. The molecule has 0 aromatic heterocycles. The molecule has 28 heavy (non-hydrogen) atoms. The molecule has 1 aliphatic rings. The maximum absolute atomic E-state index is 13.3. The molecule has 150 valence electrons. The van der Waals surface area contributed by atoms with Crippen molar-refractivity contribution in [2.75, 3.05) is 38.0 Å². The van der Waals surface area contributed by atoms with Crippen molar-refractivity contribution >= 4 is 44.8 Å². The Morgan fingerprint density at radius 2 is 1.79 bits per heavy atom. The number of carbonyl (C=O) groups excluding carboxylic acids is 1. The van der Waals surface area contributed by atoms with Crippen molar-refractivity contribution in [2.24, 2.45) is 0 Å². The van der Waals surface area contributed by atoms with Crippen LogP contribution in [0.2, 0.25) is 10.0 Å². The molecule has 1 aliphatic heterocycles. The summed E-state index contributed by atoms with van der Waals surface area (Å²) in [7, 11) is -3.79. The Bertz CT molecular complexity index is 980. The van der Waals surface area contributed by atoms with E-state index in [4.69, 9.17) is 23.2 Å². The van der Waals surface area contributed by atoms with Crippen LogP contribution in [0.5, 0.6) is 0 Å². The van der Waals surface area contributed by atoms with Gasteiger partial charge in [-0.3, -0.25) is 4.79 Å². The van der Waals surface area contributed by atoms with E-state index >= 15 is 0 Å². The molecule has 0 aliphatic carbocycles. The number of halogens is 3. The van der Waals surface area contributed by atoms with Gasteiger partial charge < -0.3 is 10.2 Å². The molecule has 1 saturated heterocycles. The average molecular weight is 446 g/mol. The fraction of sp³-hybridized carbons (Fsp3) is 0.278. The van der Waals surface area contributed by atoms with E-state index in [-0.39, 0.29) is 43.5 Å². The normalized spacial score (nSPS) is 15.5. The highest BCUT2D eigenvalue weighted by molar-refractivity contribution is 7.89. The molecule has 1 amide bonds. The van der Waals surface area contributed by atoms with E-state index in [1.165, 1.54) is 22.5 Å². The van der Waals surface area contributed by atoms with Crippen molar-refractivity contribution in [1.29, 1.82) is 0 Å². The zero-order chi connectivity index (χ0) is 20.3. The number of hydrogen-bond acceptors (Lipinski definition) is 4. The fourth-order valence-electron chi connectivity index (χ4n) is 2.87. The standard InChI is InChI=1S/C18H18Cl2FN3O3S/c19-13-4-5-17(16(20)10-13)22-12-18(25)23-6-8-24(9-7-23)28(26,27)15-3-1-2-14(21)11-15/h1-5,10-11,22H,6-9,12H2. The number of sulfonamides is 1. The molecule has 0 saturated carbocycles. The molecule has 1 heterocycles. The summed E-state index contributed by atoms with van der Waals surface area (Å²) < 4.78 is 39.8. The molecule has 3 rings (SSSR count). The van der Waals surface area contributed by atoms with E-state index in [1.807, 2.05) is 0 Å². The lowest BCUT2D eigenvalue weighted by atomic mass is 10.3. The first kappa shape index (κ1) is 20.9. The second-order valence-corrected chi connectivity index (χ2v) is 9.00. The highest BCUT2D eigenvalue weighted by Gasteiger charge is 2.30. The number of benzene rings is 2. The van der Waals surface area contributed by atoms with Crippen LogP contribution in [0, 0.1) is 5.82 Å². The maximum Gasteiger partial charge on any atom is 0.243 e. The molecule has 0 spiro atoms. The summed E-state index contributed by atoms with van der Waals surface area (Å²) in [5, 5.41) is 3.86. The molecule has 0 unspecified atom stereocenters. The third-order valence-electron chi connectivity index (χ3n) is 4.39. The lowest BCUT2D eigenvalue weighted by Crippen LogP contribution is -2.51. The van der Waals surface area contributed by atoms with Gasteiger partial charge in [-0.2, -0.15) is 4.31 Å². The molecule has 0 bridgehead atoms. The van der Waals surface area contributed by atoms with E-state index < -0.39 is 15.8 Å². The zero-order valence-corrected chi connectivity index (χ0v) is 17.1. The van der Waals surface area contributed by atoms with Gasteiger partial charge in [-0.25, -0.2) is 12.8 Å². The van der Waals surface area contributed by atoms with Crippen molar-refractivity contribution in [1.82, 2.24) is 9.21 Å². The van der Waals surface area contributed by atoms with Gasteiger partial charge >= 0.3 is 0 Å². The van der Waals surface area contributed by atoms with Crippen LogP contribution in [0.25, 0.3) is 0 Å². The molecule has 0 atom stereocenters. The minimum absolute atomic E-state index is 0.0258. The molecule has 0 radical (unpaired) electrons. The van der Waals surface area contributed by atoms with Gasteiger partial charge in [-0.05, 0) is 36.4 Å². The molecule has 2 aromatic carbocycles. The van der Waals surface area contributed by atoms with Crippen molar-refractivity contribution in [2.45, 2.75) is 4.90 Å². The minimum atomic E-state index is -3.79. The van der Waals surface area contributed by atoms with Gasteiger partial charge in [0.05, 0.1) is 22.2 Å². The molecule has 10 heteroatoms. The summed E-state index contributed by atoms with van der Waals surface area (Å²) in [6, 6.07) is 9.82. The lowest BCUT2D eigenvalue weighted by molar-refractivity contribution is -0.130. The fourth-order valence-corrected chi connectivity index (χ4v) is 4.80. The highest BCUT2D eigenvalue weighted by Crippen LogP contribution is 2.25. The van der Waals surface area contributed by atoms with Crippen LogP contribution in [0.4, 0.5) is 10.1 Å². The quantitative estimate of drug-likeness (QED) is 0.767. The number of nitrogens with one attached hydrogen (secondary N) is 1. The van der Waals surface area contributed by atoms with Crippen molar-refractivity contribution < 1.29 is 17.6 Å². The number of anilines is 1. The van der Waals surface area contributed by atoms with Crippen LogP contribution in [0.15, 0.2) is 47.4 Å². The molecule has 1 N–H and O–H groups in total. The maximum atomic E-state index is 13.3. The van der Waals surface area contributed by atoms with Crippen molar-refractivity contribution in [3.8, 4) is 0 Å². The van der Waals surface area contributed by atoms with Gasteiger partial charge in [0.2, 0.25) is 15.9 Å². The summed E-state index contributed by atoms with van der Waals surface area (Å²) in [5.41, 5.74) is 0.590. The Balaban J connectivity index is 1.56. The molecule has 1 fully saturated rings. The second-order valence-electron chi connectivity index (χ2n) is 6.22. The predicted octanol–water partition coefficient (Wildman–Crippen LogP) is 3.08. The Hall–Kier alpha value is -1.87. The smallest absolute Gasteiger partial charge is 0.243 e. The number of amides is 1. The first-order valence-electron chi connectivity index (χ1n) is 8.50. The van der Waals surface area contributed by atoms with Gasteiger partial charge in [0.1, 0.15) is 5.82 Å². The van der Waals surface area contributed by atoms with Crippen molar-refractivity contribution in [3.63, 3.8) is 0 Å². The van der Waals surface area contributed by atoms with Gasteiger partial charge in [-0.15, -0.1) is 0 Å². The van der Waals surface area contributed by atoms with E-state index in [9.17, 15) is 17.6 Å². The Kier molecular flexibility index (Phi) is 6.44. The number of hydrogen-bond donors (Lipinski definition) is 1. The summed E-state index contributed by atoms with van der Waals surface area (Å²) in [5.74, 6) is -0.782. The van der Waals surface area contributed by atoms with Crippen LogP contribution in [-0.4, -0.2) is 56.3 Å². The largest absolute Gasteiger partial charge is 0.375 e. The highest BCUT2D eigenvalue weighted by atomic mass is 35.5. The third-order valence-corrected chi connectivity index (χ3v) is 6.83. The van der Waals surface area contributed by atoms with Crippen LogP contribution in [0.1, 0.15) is 0 Å².